The molecule has 0 bridgehead atoms. The zero-order valence-electron chi connectivity index (χ0n) is 16.2. The Morgan fingerprint density at radius 2 is 1.90 bits per heavy atom. The smallest absolute Gasteiger partial charge is 0.228 e. The van der Waals surface area contributed by atoms with Crippen LogP contribution in [0.3, 0.4) is 0 Å². The number of aryl methyl sites for hydroxylation is 1. The van der Waals surface area contributed by atoms with Crippen molar-refractivity contribution in [1.82, 2.24) is 19.6 Å². The maximum Gasteiger partial charge on any atom is 0.228 e. The Morgan fingerprint density at radius 3 is 2.69 bits per heavy atom. The van der Waals surface area contributed by atoms with Gasteiger partial charge in [0.25, 0.3) is 0 Å². The summed E-state index contributed by atoms with van der Waals surface area (Å²) in [6, 6.07) is 15.7. The molecular formula is C22H22N6O. The first kappa shape index (κ1) is 17.6. The van der Waals surface area contributed by atoms with Crippen molar-refractivity contribution in [3.63, 3.8) is 0 Å². The molecule has 1 aromatic carbocycles. The van der Waals surface area contributed by atoms with Crippen molar-refractivity contribution in [2.24, 2.45) is 5.92 Å². The van der Waals surface area contributed by atoms with Gasteiger partial charge in [0.1, 0.15) is 11.6 Å². The number of hydrogen-bond donors (Lipinski definition) is 1. The minimum atomic E-state index is -0.0135. The summed E-state index contributed by atoms with van der Waals surface area (Å²) >= 11 is 0. The minimum absolute atomic E-state index is 0.0135. The van der Waals surface area contributed by atoms with E-state index in [1.54, 1.807) is 6.20 Å². The molecule has 0 spiro atoms. The van der Waals surface area contributed by atoms with Crippen molar-refractivity contribution in [2.75, 3.05) is 23.3 Å². The summed E-state index contributed by atoms with van der Waals surface area (Å²) in [5.41, 5.74) is 2.85. The first-order valence-electron chi connectivity index (χ1n) is 9.91. The van der Waals surface area contributed by atoms with Crippen LogP contribution < -0.4 is 10.2 Å². The van der Waals surface area contributed by atoms with Crippen LogP contribution in [-0.2, 0) is 4.79 Å². The number of carbonyl (C=O) groups excluding carboxylic acids is 1. The normalized spacial score (nSPS) is 15.1. The van der Waals surface area contributed by atoms with Crippen molar-refractivity contribution in [2.45, 2.75) is 19.8 Å². The fourth-order valence-corrected chi connectivity index (χ4v) is 4.02. The van der Waals surface area contributed by atoms with Crippen LogP contribution in [0.4, 0.5) is 11.6 Å². The van der Waals surface area contributed by atoms with E-state index in [0.717, 1.165) is 54.0 Å². The lowest BCUT2D eigenvalue weighted by atomic mass is 9.95. The monoisotopic (exact) mass is 386 g/mol. The second-order valence-electron chi connectivity index (χ2n) is 7.47. The van der Waals surface area contributed by atoms with Crippen LogP contribution in [0.1, 0.15) is 18.5 Å². The van der Waals surface area contributed by atoms with Crippen LogP contribution in [0.5, 0.6) is 0 Å². The number of rotatable bonds is 3. The molecule has 3 aromatic heterocycles. The zero-order chi connectivity index (χ0) is 19.8. The number of fused-ring (bicyclic) bond motifs is 3. The zero-order valence-corrected chi connectivity index (χ0v) is 16.2. The molecule has 1 aliphatic rings. The lowest BCUT2D eigenvalue weighted by Crippen LogP contribution is -2.38. The second kappa shape index (κ2) is 7.16. The molecular weight excluding hydrogens is 364 g/mol. The number of carbonyl (C=O) groups is 1. The first-order chi connectivity index (χ1) is 14.2. The number of anilines is 2. The van der Waals surface area contributed by atoms with Gasteiger partial charge in [-0.3, -0.25) is 4.79 Å². The topological polar surface area (TPSA) is 75.4 Å². The predicted octanol–water partition coefficient (Wildman–Crippen LogP) is 3.44. The molecule has 1 saturated heterocycles. The highest BCUT2D eigenvalue weighted by Gasteiger charge is 2.27. The van der Waals surface area contributed by atoms with Gasteiger partial charge < -0.3 is 10.2 Å². The van der Waals surface area contributed by atoms with Gasteiger partial charge >= 0.3 is 0 Å². The molecule has 146 valence electrons. The van der Waals surface area contributed by atoms with Gasteiger partial charge in [0, 0.05) is 36.7 Å². The standard InChI is InChI=1S/C22H22N6O/c1-15-14-20-25-21(17-6-2-3-7-18(17)28(20)26-15)27-12-9-16(10-13-27)22(29)24-19-8-4-5-11-23-19/h2-8,11,14,16H,9-10,12-13H2,1H3,(H,23,24,29). The van der Waals surface area contributed by atoms with Crippen LogP contribution in [0.2, 0.25) is 0 Å². The fourth-order valence-electron chi connectivity index (χ4n) is 4.02. The molecule has 4 aromatic rings. The Labute approximate surface area is 168 Å². The van der Waals surface area contributed by atoms with Gasteiger partial charge in [0.05, 0.1) is 11.2 Å². The van der Waals surface area contributed by atoms with Crippen molar-refractivity contribution in [3.05, 3.63) is 60.4 Å². The van der Waals surface area contributed by atoms with E-state index in [1.165, 1.54) is 0 Å². The quantitative estimate of drug-likeness (QED) is 0.584. The molecule has 1 amide bonds. The van der Waals surface area contributed by atoms with Gasteiger partial charge in [0.2, 0.25) is 5.91 Å². The summed E-state index contributed by atoms with van der Waals surface area (Å²) < 4.78 is 1.90. The summed E-state index contributed by atoms with van der Waals surface area (Å²) in [7, 11) is 0. The number of pyridine rings is 1. The number of amides is 1. The summed E-state index contributed by atoms with van der Waals surface area (Å²) in [5.74, 6) is 1.61. The van der Waals surface area contributed by atoms with Gasteiger partial charge in [-0.15, -0.1) is 0 Å². The average Bonchev–Trinajstić information content (AvgIpc) is 3.14. The van der Waals surface area contributed by atoms with Gasteiger partial charge in [0.15, 0.2) is 5.65 Å². The molecule has 0 radical (unpaired) electrons. The summed E-state index contributed by atoms with van der Waals surface area (Å²) in [6.45, 7) is 3.57. The Kier molecular flexibility index (Phi) is 4.35. The van der Waals surface area contributed by atoms with E-state index >= 15 is 0 Å². The molecule has 5 rings (SSSR count). The van der Waals surface area contributed by atoms with E-state index in [4.69, 9.17) is 4.98 Å². The molecule has 1 aliphatic heterocycles. The van der Waals surface area contributed by atoms with E-state index in [9.17, 15) is 4.79 Å². The Balaban J connectivity index is 1.38. The van der Waals surface area contributed by atoms with Gasteiger partial charge in [-0.05, 0) is 44.0 Å². The van der Waals surface area contributed by atoms with Crippen LogP contribution in [0.25, 0.3) is 16.6 Å². The molecule has 7 nitrogen and oxygen atoms in total. The van der Waals surface area contributed by atoms with Crippen LogP contribution in [-0.4, -0.2) is 38.6 Å². The highest BCUT2D eigenvalue weighted by Crippen LogP contribution is 2.30. The Bertz CT molecular complexity index is 1180. The minimum Gasteiger partial charge on any atom is -0.356 e. The summed E-state index contributed by atoms with van der Waals surface area (Å²) in [5, 5.41) is 8.59. The van der Waals surface area contributed by atoms with Crippen molar-refractivity contribution in [3.8, 4) is 0 Å². The molecule has 0 aliphatic carbocycles. The molecule has 7 heteroatoms. The average molecular weight is 386 g/mol. The highest BCUT2D eigenvalue weighted by atomic mass is 16.1. The molecule has 0 unspecified atom stereocenters. The maximum atomic E-state index is 12.6. The third-order valence-corrected chi connectivity index (χ3v) is 5.49. The molecule has 1 fully saturated rings. The number of piperidine rings is 1. The fraction of sp³-hybridized carbons (Fsp3) is 0.273. The number of aromatic nitrogens is 4. The van der Waals surface area contributed by atoms with Crippen LogP contribution in [0.15, 0.2) is 54.7 Å². The predicted molar refractivity (Wildman–Crippen MR) is 113 cm³/mol. The molecule has 4 heterocycles. The van der Waals surface area contributed by atoms with Gasteiger partial charge in [-0.2, -0.15) is 5.10 Å². The first-order valence-corrected chi connectivity index (χ1v) is 9.91. The molecule has 29 heavy (non-hydrogen) atoms. The molecule has 1 N–H and O–H groups in total. The summed E-state index contributed by atoms with van der Waals surface area (Å²) in [6.07, 6.45) is 3.26. The van der Waals surface area contributed by atoms with Crippen LogP contribution in [0, 0.1) is 12.8 Å². The number of para-hydroxylation sites is 1. The number of benzene rings is 1. The van der Waals surface area contributed by atoms with Crippen LogP contribution >= 0.6 is 0 Å². The SMILES string of the molecule is Cc1cc2nc(N3CCC(C(=O)Nc4ccccn4)CC3)c3ccccc3n2n1. The Morgan fingerprint density at radius 1 is 1.10 bits per heavy atom. The molecule has 0 atom stereocenters. The van der Waals surface area contributed by atoms with E-state index in [-0.39, 0.29) is 11.8 Å². The van der Waals surface area contributed by atoms with E-state index in [2.05, 4.69) is 32.4 Å². The number of nitrogens with one attached hydrogen (secondary N) is 1. The van der Waals surface area contributed by atoms with Crippen molar-refractivity contribution < 1.29 is 4.79 Å². The van der Waals surface area contributed by atoms with Gasteiger partial charge in [-0.1, -0.05) is 18.2 Å². The third kappa shape index (κ3) is 3.29. The number of hydrogen-bond acceptors (Lipinski definition) is 5. The maximum absolute atomic E-state index is 12.6. The second-order valence-corrected chi connectivity index (χ2v) is 7.47. The molecule has 0 saturated carbocycles. The van der Waals surface area contributed by atoms with E-state index in [0.29, 0.717) is 5.82 Å². The number of nitrogens with zero attached hydrogens (tertiary/aromatic N) is 5. The largest absolute Gasteiger partial charge is 0.356 e. The third-order valence-electron chi connectivity index (χ3n) is 5.49. The summed E-state index contributed by atoms with van der Waals surface area (Å²) in [4.78, 5) is 24.0. The van der Waals surface area contributed by atoms with Gasteiger partial charge in [-0.25, -0.2) is 14.5 Å². The van der Waals surface area contributed by atoms with Crippen molar-refractivity contribution in [1.29, 1.82) is 0 Å². The van der Waals surface area contributed by atoms with E-state index < -0.39 is 0 Å². The van der Waals surface area contributed by atoms with Crippen molar-refractivity contribution >= 4 is 34.1 Å². The highest BCUT2D eigenvalue weighted by molar-refractivity contribution is 5.93. The van der Waals surface area contributed by atoms with E-state index in [1.807, 2.05) is 47.8 Å². The lowest BCUT2D eigenvalue weighted by Gasteiger charge is -2.32. The Hall–Kier alpha value is -3.48. The lowest BCUT2D eigenvalue weighted by molar-refractivity contribution is -0.120.